The number of nitrogens with zero attached hydrogens (tertiary/aromatic N) is 1. The van der Waals surface area contributed by atoms with Crippen LogP contribution in [0.25, 0.3) is 0 Å². The molecule has 0 spiro atoms. The molecule has 0 N–H and O–H groups in total. The first kappa shape index (κ1) is 17.8. The molecule has 1 aliphatic heterocycles. The maximum absolute atomic E-state index is 13.2. The first-order chi connectivity index (χ1) is 11.9. The second kappa shape index (κ2) is 7.09. The molecule has 0 saturated heterocycles. The molecule has 25 heavy (non-hydrogen) atoms. The van der Waals surface area contributed by atoms with Crippen LogP contribution in [0.5, 0.6) is 11.5 Å². The summed E-state index contributed by atoms with van der Waals surface area (Å²) >= 11 is 3.44. The van der Waals surface area contributed by atoms with Crippen LogP contribution in [0.15, 0.2) is 58.4 Å². The van der Waals surface area contributed by atoms with Gasteiger partial charge in [-0.05, 0) is 42.8 Å². The zero-order valence-corrected chi connectivity index (χ0v) is 16.1. The quantitative estimate of drug-likeness (QED) is 0.683. The Morgan fingerprint density at radius 1 is 1.16 bits per heavy atom. The van der Waals surface area contributed by atoms with E-state index in [1.54, 1.807) is 18.2 Å². The number of ether oxygens (including phenoxy) is 2. The Morgan fingerprint density at radius 2 is 1.88 bits per heavy atom. The summed E-state index contributed by atoms with van der Waals surface area (Å²) < 4.78 is 39.6. The number of hydrogen-bond acceptors (Lipinski definition) is 4. The number of aryl methyl sites for hydroxylation is 1. The Kier molecular flexibility index (Phi) is 5.06. The molecule has 0 atom stereocenters. The largest absolute Gasteiger partial charge is 0.486 e. The predicted octanol–water partition coefficient (Wildman–Crippen LogP) is 3.91. The number of benzene rings is 2. The van der Waals surface area contributed by atoms with Crippen LogP contribution in [-0.4, -0.2) is 28.2 Å². The van der Waals surface area contributed by atoms with Crippen LogP contribution in [0.1, 0.15) is 5.56 Å². The molecule has 5 nitrogen and oxygen atoms in total. The van der Waals surface area contributed by atoms with Gasteiger partial charge < -0.3 is 9.47 Å². The van der Waals surface area contributed by atoms with Crippen LogP contribution < -0.4 is 13.8 Å². The van der Waals surface area contributed by atoms with Crippen molar-refractivity contribution in [1.29, 1.82) is 0 Å². The average molecular weight is 424 g/mol. The first-order valence-corrected chi connectivity index (χ1v) is 9.96. The number of anilines is 1. The van der Waals surface area contributed by atoms with E-state index in [4.69, 9.17) is 9.47 Å². The van der Waals surface area contributed by atoms with Gasteiger partial charge in [0.1, 0.15) is 13.2 Å². The maximum Gasteiger partial charge on any atom is 0.264 e. The monoisotopic (exact) mass is 423 g/mol. The summed E-state index contributed by atoms with van der Waals surface area (Å²) in [5.41, 5.74) is 1.53. The molecule has 2 aromatic rings. The van der Waals surface area contributed by atoms with Gasteiger partial charge in [0, 0.05) is 10.5 Å². The third kappa shape index (κ3) is 3.52. The third-order valence-electron chi connectivity index (χ3n) is 3.83. The third-order valence-corrected chi connectivity index (χ3v) is 6.51. The standard InChI is InChI=1S/C18H18BrNO4S/c1-3-8-20(14-4-6-16(19)13(2)11-14)25(21,22)15-5-7-17-18(12-15)24-10-9-23-17/h3-7,11-12H,1,8-10H2,2H3. The molecule has 2 aromatic carbocycles. The molecular formula is C18H18BrNO4S. The highest BCUT2D eigenvalue weighted by molar-refractivity contribution is 9.10. The fourth-order valence-electron chi connectivity index (χ4n) is 2.55. The lowest BCUT2D eigenvalue weighted by Crippen LogP contribution is -2.31. The average Bonchev–Trinajstić information content (AvgIpc) is 2.61. The van der Waals surface area contributed by atoms with Crippen LogP contribution in [0.2, 0.25) is 0 Å². The van der Waals surface area contributed by atoms with Crippen molar-refractivity contribution in [1.82, 2.24) is 0 Å². The number of rotatable bonds is 5. The van der Waals surface area contributed by atoms with Crippen LogP contribution in [0, 0.1) is 6.92 Å². The summed E-state index contributed by atoms with van der Waals surface area (Å²) in [7, 11) is -3.77. The molecule has 0 aromatic heterocycles. The van der Waals surface area contributed by atoms with Gasteiger partial charge >= 0.3 is 0 Å². The van der Waals surface area contributed by atoms with E-state index in [2.05, 4.69) is 22.5 Å². The van der Waals surface area contributed by atoms with Gasteiger partial charge in [-0.1, -0.05) is 22.0 Å². The minimum Gasteiger partial charge on any atom is -0.486 e. The summed E-state index contributed by atoms with van der Waals surface area (Å²) in [5.74, 6) is 0.998. The molecule has 0 aliphatic carbocycles. The van der Waals surface area contributed by atoms with Crippen molar-refractivity contribution in [2.45, 2.75) is 11.8 Å². The summed E-state index contributed by atoms with van der Waals surface area (Å²) in [4.78, 5) is 0.152. The fraction of sp³-hybridized carbons (Fsp3) is 0.222. The summed E-state index contributed by atoms with van der Waals surface area (Å²) in [6.07, 6.45) is 1.56. The Bertz CT molecular complexity index is 911. The molecule has 3 rings (SSSR count). The SMILES string of the molecule is C=CCN(c1ccc(Br)c(C)c1)S(=O)(=O)c1ccc2c(c1)OCCO2. The van der Waals surface area contributed by atoms with Crippen LogP contribution in [-0.2, 0) is 10.0 Å². The van der Waals surface area contributed by atoms with Crippen molar-refractivity contribution in [3.63, 3.8) is 0 Å². The van der Waals surface area contributed by atoms with E-state index in [-0.39, 0.29) is 11.4 Å². The summed E-state index contributed by atoms with van der Waals surface area (Å²) in [6, 6.07) is 10.1. The molecule has 0 unspecified atom stereocenters. The minimum absolute atomic E-state index is 0.152. The van der Waals surface area contributed by atoms with Crippen LogP contribution in [0.4, 0.5) is 5.69 Å². The minimum atomic E-state index is -3.77. The zero-order chi connectivity index (χ0) is 18.0. The van der Waals surface area contributed by atoms with Gasteiger partial charge in [-0.2, -0.15) is 0 Å². The van der Waals surface area contributed by atoms with Crippen molar-refractivity contribution < 1.29 is 17.9 Å². The van der Waals surface area contributed by atoms with Crippen molar-refractivity contribution in [3.05, 3.63) is 59.1 Å². The van der Waals surface area contributed by atoms with E-state index in [0.29, 0.717) is 30.4 Å². The number of hydrogen-bond donors (Lipinski definition) is 0. The van der Waals surface area contributed by atoms with Gasteiger partial charge in [0.2, 0.25) is 0 Å². The maximum atomic E-state index is 13.2. The van der Waals surface area contributed by atoms with Crippen molar-refractivity contribution >= 4 is 31.6 Å². The Morgan fingerprint density at radius 3 is 2.56 bits per heavy atom. The molecule has 1 heterocycles. The van der Waals surface area contributed by atoms with E-state index in [1.165, 1.54) is 16.4 Å². The molecule has 0 radical (unpaired) electrons. The van der Waals surface area contributed by atoms with Gasteiger partial charge in [0.05, 0.1) is 17.1 Å². The summed E-state index contributed by atoms with van der Waals surface area (Å²) in [6.45, 7) is 6.62. The highest BCUT2D eigenvalue weighted by Gasteiger charge is 2.26. The van der Waals surface area contributed by atoms with Gasteiger partial charge in [0.15, 0.2) is 11.5 Å². The molecule has 0 amide bonds. The number of halogens is 1. The zero-order valence-electron chi connectivity index (χ0n) is 13.7. The van der Waals surface area contributed by atoms with Crippen molar-refractivity contribution in [3.8, 4) is 11.5 Å². The molecule has 7 heteroatoms. The molecular weight excluding hydrogens is 406 g/mol. The van der Waals surface area contributed by atoms with Gasteiger partial charge in [-0.3, -0.25) is 4.31 Å². The molecule has 0 fully saturated rings. The van der Waals surface area contributed by atoms with E-state index in [0.717, 1.165) is 10.0 Å². The Balaban J connectivity index is 2.05. The topological polar surface area (TPSA) is 55.8 Å². The van der Waals surface area contributed by atoms with Crippen molar-refractivity contribution in [2.75, 3.05) is 24.1 Å². The van der Waals surface area contributed by atoms with Crippen molar-refractivity contribution in [2.24, 2.45) is 0 Å². The normalized spacial score (nSPS) is 13.4. The van der Waals surface area contributed by atoms with E-state index in [1.807, 2.05) is 19.1 Å². The smallest absolute Gasteiger partial charge is 0.264 e. The number of fused-ring (bicyclic) bond motifs is 1. The van der Waals surface area contributed by atoms with E-state index in [9.17, 15) is 8.42 Å². The summed E-state index contributed by atoms with van der Waals surface area (Å²) in [5, 5.41) is 0. The molecule has 1 aliphatic rings. The fourth-order valence-corrected chi connectivity index (χ4v) is 4.24. The van der Waals surface area contributed by atoms with E-state index < -0.39 is 10.0 Å². The van der Waals surface area contributed by atoms with Gasteiger partial charge in [0.25, 0.3) is 10.0 Å². The van der Waals surface area contributed by atoms with Gasteiger partial charge in [-0.25, -0.2) is 8.42 Å². The second-order valence-electron chi connectivity index (χ2n) is 5.56. The predicted molar refractivity (Wildman–Crippen MR) is 101 cm³/mol. The molecule has 0 bridgehead atoms. The lowest BCUT2D eigenvalue weighted by atomic mass is 10.2. The molecule has 0 saturated carbocycles. The van der Waals surface area contributed by atoms with Gasteiger partial charge in [-0.15, -0.1) is 6.58 Å². The van der Waals surface area contributed by atoms with E-state index >= 15 is 0 Å². The van der Waals surface area contributed by atoms with Crippen LogP contribution >= 0.6 is 15.9 Å². The highest BCUT2D eigenvalue weighted by atomic mass is 79.9. The number of sulfonamides is 1. The molecule has 132 valence electrons. The first-order valence-electron chi connectivity index (χ1n) is 7.73. The lowest BCUT2D eigenvalue weighted by molar-refractivity contribution is 0.171. The Labute approximate surface area is 156 Å². The lowest BCUT2D eigenvalue weighted by Gasteiger charge is -2.25. The van der Waals surface area contributed by atoms with Crippen LogP contribution in [0.3, 0.4) is 0 Å². The second-order valence-corrected chi connectivity index (χ2v) is 8.28. The Hall–Kier alpha value is -1.99. The highest BCUT2D eigenvalue weighted by Crippen LogP contribution is 2.34.